The first kappa shape index (κ1) is 21.5. The predicted molar refractivity (Wildman–Crippen MR) is 111 cm³/mol. The number of methoxy groups -OCH3 is 1. The predicted octanol–water partition coefficient (Wildman–Crippen LogP) is 3.49. The van der Waals surface area contributed by atoms with Gasteiger partial charge in [-0.25, -0.2) is 0 Å². The van der Waals surface area contributed by atoms with Crippen molar-refractivity contribution in [3.05, 3.63) is 65.2 Å². The summed E-state index contributed by atoms with van der Waals surface area (Å²) in [5.74, 6) is 0.589. The summed E-state index contributed by atoms with van der Waals surface area (Å²) in [6, 6.07) is 15.0. The zero-order chi connectivity index (χ0) is 20.5. The molecule has 28 heavy (non-hydrogen) atoms. The zero-order valence-corrected chi connectivity index (χ0v) is 17.2. The third kappa shape index (κ3) is 5.84. The van der Waals surface area contributed by atoms with Crippen LogP contribution in [0.15, 0.2) is 48.5 Å². The van der Waals surface area contributed by atoms with Gasteiger partial charge in [0.05, 0.1) is 13.5 Å². The molecule has 0 saturated carbocycles. The highest BCUT2D eigenvalue weighted by molar-refractivity contribution is 5.88. The topological polar surface area (TPSA) is 58.6 Å². The molecule has 0 aromatic heterocycles. The molecule has 2 aromatic rings. The van der Waals surface area contributed by atoms with E-state index in [1.54, 1.807) is 12.0 Å². The average molecular weight is 383 g/mol. The van der Waals surface area contributed by atoms with Crippen LogP contribution in [0.25, 0.3) is 0 Å². The van der Waals surface area contributed by atoms with Crippen LogP contribution in [-0.2, 0) is 22.6 Å². The molecular weight excluding hydrogens is 352 g/mol. The fraction of sp³-hybridized carbons (Fsp3) is 0.391. The SMILES string of the molecule is CCNC(=O)C(CC)N(Cc1ccc(OC)cc1)C(=O)Cc1ccc(C)cc1. The zero-order valence-electron chi connectivity index (χ0n) is 17.2. The molecular formula is C23H30N2O3. The smallest absolute Gasteiger partial charge is 0.242 e. The molecule has 2 aromatic carbocycles. The van der Waals surface area contributed by atoms with Crippen LogP contribution in [0.4, 0.5) is 0 Å². The van der Waals surface area contributed by atoms with Gasteiger partial charge in [0.25, 0.3) is 0 Å². The number of rotatable bonds is 9. The number of hydrogen-bond acceptors (Lipinski definition) is 3. The molecule has 1 N–H and O–H groups in total. The molecule has 0 aliphatic rings. The normalized spacial score (nSPS) is 11.6. The number of carbonyl (C=O) groups excluding carboxylic acids is 2. The van der Waals surface area contributed by atoms with E-state index in [0.29, 0.717) is 19.5 Å². The van der Waals surface area contributed by atoms with Crippen molar-refractivity contribution >= 4 is 11.8 Å². The van der Waals surface area contributed by atoms with Gasteiger partial charge >= 0.3 is 0 Å². The van der Waals surface area contributed by atoms with E-state index in [-0.39, 0.29) is 18.2 Å². The lowest BCUT2D eigenvalue weighted by molar-refractivity contribution is -0.140. The maximum absolute atomic E-state index is 13.2. The fourth-order valence-electron chi connectivity index (χ4n) is 3.12. The van der Waals surface area contributed by atoms with Gasteiger partial charge in [-0.2, -0.15) is 0 Å². The minimum Gasteiger partial charge on any atom is -0.497 e. The Hall–Kier alpha value is -2.82. The molecule has 2 rings (SSSR count). The Kier molecular flexibility index (Phi) is 8.05. The molecule has 0 saturated heterocycles. The van der Waals surface area contributed by atoms with E-state index in [0.717, 1.165) is 22.4 Å². The second-order valence-electron chi connectivity index (χ2n) is 6.85. The Morgan fingerprint density at radius 1 is 1.00 bits per heavy atom. The van der Waals surface area contributed by atoms with Crippen LogP contribution in [0.5, 0.6) is 5.75 Å². The number of carbonyl (C=O) groups is 2. The van der Waals surface area contributed by atoms with Crippen molar-refractivity contribution in [1.29, 1.82) is 0 Å². The molecule has 5 heteroatoms. The summed E-state index contributed by atoms with van der Waals surface area (Å²) in [4.78, 5) is 27.4. The van der Waals surface area contributed by atoms with Crippen LogP contribution in [0.2, 0.25) is 0 Å². The summed E-state index contributed by atoms with van der Waals surface area (Å²) in [5, 5.41) is 2.85. The number of hydrogen-bond donors (Lipinski definition) is 1. The fourth-order valence-corrected chi connectivity index (χ4v) is 3.12. The first-order valence-electron chi connectivity index (χ1n) is 9.74. The number of benzene rings is 2. The van der Waals surface area contributed by atoms with Gasteiger partial charge in [-0.05, 0) is 43.5 Å². The Morgan fingerprint density at radius 2 is 1.61 bits per heavy atom. The lowest BCUT2D eigenvalue weighted by Crippen LogP contribution is -2.49. The first-order chi connectivity index (χ1) is 13.5. The Bertz CT molecular complexity index is 769. The summed E-state index contributed by atoms with van der Waals surface area (Å²) in [5.41, 5.74) is 3.06. The lowest BCUT2D eigenvalue weighted by atomic mass is 10.1. The molecule has 0 bridgehead atoms. The van der Waals surface area contributed by atoms with Gasteiger partial charge < -0.3 is 15.0 Å². The van der Waals surface area contributed by atoms with Crippen LogP contribution in [0, 0.1) is 6.92 Å². The summed E-state index contributed by atoms with van der Waals surface area (Å²) < 4.78 is 5.20. The number of amides is 2. The first-order valence-corrected chi connectivity index (χ1v) is 9.74. The van der Waals surface area contributed by atoms with Gasteiger partial charge in [-0.3, -0.25) is 9.59 Å². The maximum Gasteiger partial charge on any atom is 0.242 e. The van der Waals surface area contributed by atoms with Gasteiger partial charge in [0.15, 0.2) is 0 Å². The molecule has 0 radical (unpaired) electrons. The summed E-state index contributed by atoms with van der Waals surface area (Å²) in [6.07, 6.45) is 0.827. The minimum atomic E-state index is -0.500. The molecule has 0 aliphatic heterocycles. The highest BCUT2D eigenvalue weighted by Gasteiger charge is 2.28. The quantitative estimate of drug-likeness (QED) is 0.722. The Balaban J connectivity index is 2.25. The maximum atomic E-state index is 13.2. The van der Waals surface area contributed by atoms with Crippen molar-refractivity contribution in [3.8, 4) is 5.75 Å². The van der Waals surface area contributed by atoms with Gasteiger partial charge in [-0.15, -0.1) is 0 Å². The van der Waals surface area contributed by atoms with Crippen molar-refractivity contribution in [2.24, 2.45) is 0 Å². The second kappa shape index (κ2) is 10.5. The third-order valence-electron chi connectivity index (χ3n) is 4.72. The van der Waals surface area contributed by atoms with Crippen molar-refractivity contribution in [1.82, 2.24) is 10.2 Å². The standard InChI is InChI=1S/C23H30N2O3/c1-5-21(23(27)24-6-2)25(16-19-11-13-20(28-4)14-12-19)22(26)15-18-9-7-17(3)8-10-18/h7-14,21H,5-6,15-16H2,1-4H3,(H,24,27). The molecule has 0 fully saturated rings. The molecule has 0 spiro atoms. The van der Waals surface area contributed by atoms with E-state index < -0.39 is 6.04 Å². The molecule has 5 nitrogen and oxygen atoms in total. The van der Waals surface area contributed by atoms with E-state index in [1.165, 1.54) is 0 Å². The van der Waals surface area contributed by atoms with E-state index >= 15 is 0 Å². The van der Waals surface area contributed by atoms with Crippen LogP contribution >= 0.6 is 0 Å². The van der Waals surface area contributed by atoms with Crippen molar-refractivity contribution in [3.63, 3.8) is 0 Å². The highest BCUT2D eigenvalue weighted by atomic mass is 16.5. The van der Waals surface area contributed by atoms with Gasteiger partial charge in [0.1, 0.15) is 11.8 Å². The largest absolute Gasteiger partial charge is 0.497 e. The van der Waals surface area contributed by atoms with Crippen molar-refractivity contribution in [2.75, 3.05) is 13.7 Å². The summed E-state index contributed by atoms with van der Waals surface area (Å²) >= 11 is 0. The van der Waals surface area contributed by atoms with Crippen molar-refractivity contribution in [2.45, 2.75) is 46.2 Å². The van der Waals surface area contributed by atoms with Gasteiger partial charge in [0, 0.05) is 13.1 Å². The van der Waals surface area contributed by atoms with Crippen LogP contribution in [0.1, 0.15) is 37.0 Å². The van der Waals surface area contributed by atoms with Crippen LogP contribution in [0.3, 0.4) is 0 Å². The number of aryl methyl sites for hydroxylation is 1. The summed E-state index contributed by atoms with van der Waals surface area (Å²) in [6.45, 7) is 6.75. The second-order valence-corrected chi connectivity index (χ2v) is 6.85. The molecule has 0 heterocycles. The Labute approximate surface area is 167 Å². The van der Waals surface area contributed by atoms with Gasteiger partial charge in [0.2, 0.25) is 11.8 Å². The monoisotopic (exact) mass is 382 g/mol. The Morgan fingerprint density at radius 3 is 2.14 bits per heavy atom. The number of nitrogens with one attached hydrogen (secondary N) is 1. The van der Waals surface area contributed by atoms with Gasteiger partial charge in [-0.1, -0.05) is 48.9 Å². The minimum absolute atomic E-state index is 0.0576. The van der Waals surface area contributed by atoms with E-state index in [4.69, 9.17) is 4.74 Å². The number of ether oxygens (including phenoxy) is 1. The molecule has 1 unspecified atom stereocenters. The van der Waals surface area contributed by atoms with Crippen molar-refractivity contribution < 1.29 is 14.3 Å². The van der Waals surface area contributed by atoms with E-state index in [2.05, 4.69) is 5.32 Å². The number of likely N-dealkylation sites (N-methyl/N-ethyl adjacent to an activating group) is 1. The van der Waals surface area contributed by atoms with Crippen LogP contribution < -0.4 is 10.1 Å². The van der Waals surface area contributed by atoms with Crippen LogP contribution in [-0.4, -0.2) is 36.4 Å². The number of nitrogens with zero attached hydrogens (tertiary/aromatic N) is 1. The molecule has 0 aliphatic carbocycles. The molecule has 1 atom stereocenters. The average Bonchev–Trinajstić information content (AvgIpc) is 2.70. The van der Waals surface area contributed by atoms with E-state index in [1.807, 2.05) is 69.3 Å². The molecule has 150 valence electrons. The lowest BCUT2D eigenvalue weighted by Gasteiger charge is -2.30. The molecule has 2 amide bonds. The highest BCUT2D eigenvalue weighted by Crippen LogP contribution is 2.17. The summed E-state index contributed by atoms with van der Waals surface area (Å²) in [7, 11) is 1.62. The third-order valence-corrected chi connectivity index (χ3v) is 4.72. The van der Waals surface area contributed by atoms with E-state index in [9.17, 15) is 9.59 Å².